The van der Waals surface area contributed by atoms with Gasteiger partial charge >= 0.3 is 5.97 Å². The Hall–Kier alpha value is -3.73. The summed E-state index contributed by atoms with van der Waals surface area (Å²) in [6.45, 7) is 0. The first kappa shape index (κ1) is 17.7. The van der Waals surface area contributed by atoms with Gasteiger partial charge in [-0.3, -0.25) is 9.79 Å². The number of para-hydroxylation sites is 2. The van der Waals surface area contributed by atoms with E-state index in [2.05, 4.69) is 5.32 Å². The van der Waals surface area contributed by atoms with Crippen LogP contribution in [0.4, 0.5) is 11.4 Å². The Labute approximate surface area is 162 Å². The Balaban J connectivity index is 1.91. The summed E-state index contributed by atoms with van der Waals surface area (Å²) in [7, 11) is 1.33. The summed E-state index contributed by atoms with van der Waals surface area (Å²) in [6.07, 6.45) is 0. The highest BCUT2D eigenvalue weighted by Gasteiger charge is 2.35. The maximum absolute atomic E-state index is 12.8. The van der Waals surface area contributed by atoms with Gasteiger partial charge in [-0.15, -0.1) is 0 Å². The molecule has 1 unspecified atom stereocenters. The molecular formula is C23H18N2O3. The van der Waals surface area contributed by atoms with E-state index in [0.29, 0.717) is 17.0 Å². The van der Waals surface area contributed by atoms with Crippen LogP contribution < -0.4 is 5.32 Å². The molecule has 1 aliphatic rings. The van der Waals surface area contributed by atoms with Gasteiger partial charge in [0.2, 0.25) is 5.91 Å². The summed E-state index contributed by atoms with van der Waals surface area (Å²) in [6, 6.07) is 24.1. The van der Waals surface area contributed by atoms with E-state index in [0.717, 1.165) is 16.8 Å². The molecule has 1 heterocycles. The second-order valence-corrected chi connectivity index (χ2v) is 6.38. The highest BCUT2D eigenvalue weighted by Crippen LogP contribution is 2.36. The van der Waals surface area contributed by atoms with Crippen molar-refractivity contribution in [1.82, 2.24) is 0 Å². The molecule has 138 valence electrons. The zero-order valence-electron chi connectivity index (χ0n) is 15.3. The zero-order chi connectivity index (χ0) is 19.5. The molecule has 1 N–H and O–H groups in total. The molecule has 5 nitrogen and oxygen atoms in total. The van der Waals surface area contributed by atoms with Crippen molar-refractivity contribution in [2.45, 2.75) is 5.92 Å². The Morgan fingerprint density at radius 3 is 2.39 bits per heavy atom. The number of nitrogens with zero attached hydrogens (tertiary/aromatic N) is 1. The predicted octanol–water partition coefficient (Wildman–Crippen LogP) is 4.33. The van der Waals surface area contributed by atoms with Crippen molar-refractivity contribution >= 4 is 29.0 Å². The van der Waals surface area contributed by atoms with E-state index in [1.54, 1.807) is 24.3 Å². The molecule has 0 saturated carbocycles. The summed E-state index contributed by atoms with van der Waals surface area (Å²) in [5, 5.41) is 2.92. The van der Waals surface area contributed by atoms with Crippen LogP contribution in [0.3, 0.4) is 0 Å². The molecule has 1 amide bonds. The third-order valence-electron chi connectivity index (χ3n) is 4.69. The summed E-state index contributed by atoms with van der Waals surface area (Å²) in [4.78, 5) is 29.8. The monoisotopic (exact) mass is 370 g/mol. The van der Waals surface area contributed by atoms with Gasteiger partial charge < -0.3 is 10.1 Å². The molecule has 0 spiro atoms. The Morgan fingerprint density at radius 2 is 1.61 bits per heavy atom. The van der Waals surface area contributed by atoms with Crippen molar-refractivity contribution in [3.05, 3.63) is 95.6 Å². The topological polar surface area (TPSA) is 67.8 Å². The maximum atomic E-state index is 12.8. The lowest BCUT2D eigenvalue weighted by molar-refractivity contribution is -0.115. The fourth-order valence-electron chi connectivity index (χ4n) is 3.37. The largest absolute Gasteiger partial charge is 0.465 e. The van der Waals surface area contributed by atoms with Gasteiger partial charge in [0.25, 0.3) is 0 Å². The lowest BCUT2D eigenvalue weighted by Gasteiger charge is -2.14. The van der Waals surface area contributed by atoms with Crippen molar-refractivity contribution in [3.8, 4) is 0 Å². The van der Waals surface area contributed by atoms with Crippen molar-refractivity contribution in [3.63, 3.8) is 0 Å². The van der Waals surface area contributed by atoms with Crippen LogP contribution in [-0.2, 0) is 9.53 Å². The smallest absolute Gasteiger partial charge is 0.340 e. The van der Waals surface area contributed by atoms with Gasteiger partial charge in [0.05, 0.1) is 24.1 Å². The number of fused-ring (bicyclic) bond motifs is 1. The van der Waals surface area contributed by atoms with Crippen LogP contribution in [0.1, 0.15) is 27.4 Å². The van der Waals surface area contributed by atoms with E-state index in [1.165, 1.54) is 7.11 Å². The molecule has 0 fully saturated rings. The number of carbonyl (C=O) groups excluding carboxylic acids is 2. The summed E-state index contributed by atoms with van der Waals surface area (Å²) in [5.74, 6) is -1.17. The minimum Gasteiger partial charge on any atom is -0.465 e. The first-order valence-corrected chi connectivity index (χ1v) is 8.90. The molecule has 1 atom stereocenters. The molecule has 3 aromatic rings. The van der Waals surface area contributed by atoms with Gasteiger partial charge in [-0.1, -0.05) is 60.7 Å². The van der Waals surface area contributed by atoms with E-state index in [1.807, 2.05) is 54.6 Å². The van der Waals surface area contributed by atoms with Gasteiger partial charge in [-0.05, 0) is 29.3 Å². The van der Waals surface area contributed by atoms with Gasteiger partial charge in [0.1, 0.15) is 5.92 Å². The Bertz CT molecular complexity index is 1070. The zero-order valence-corrected chi connectivity index (χ0v) is 15.3. The van der Waals surface area contributed by atoms with E-state index in [-0.39, 0.29) is 5.91 Å². The number of benzene rings is 3. The van der Waals surface area contributed by atoms with Crippen molar-refractivity contribution < 1.29 is 14.3 Å². The SMILES string of the molecule is COC(=O)c1ccccc1N=C(c1ccccc1)C1C(=O)Nc2ccccc21. The number of methoxy groups -OCH3 is 1. The van der Waals surface area contributed by atoms with Crippen molar-refractivity contribution in [2.24, 2.45) is 4.99 Å². The van der Waals surface area contributed by atoms with Crippen LogP contribution in [0.15, 0.2) is 83.9 Å². The van der Waals surface area contributed by atoms with Crippen LogP contribution in [-0.4, -0.2) is 24.7 Å². The van der Waals surface area contributed by atoms with Gasteiger partial charge in [0, 0.05) is 5.69 Å². The third-order valence-corrected chi connectivity index (χ3v) is 4.69. The maximum Gasteiger partial charge on any atom is 0.340 e. The summed E-state index contributed by atoms with van der Waals surface area (Å²) >= 11 is 0. The minimum absolute atomic E-state index is 0.139. The fraction of sp³-hybridized carbons (Fsp3) is 0.0870. The molecular weight excluding hydrogens is 352 g/mol. The minimum atomic E-state index is -0.565. The molecule has 3 aromatic carbocycles. The number of carbonyl (C=O) groups is 2. The van der Waals surface area contributed by atoms with Crippen LogP contribution in [0.2, 0.25) is 0 Å². The number of hydrogen-bond acceptors (Lipinski definition) is 4. The number of rotatable bonds is 4. The molecule has 0 aliphatic carbocycles. The number of amides is 1. The number of ether oxygens (including phenoxy) is 1. The highest BCUT2D eigenvalue weighted by atomic mass is 16.5. The van der Waals surface area contributed by atoms with Gasteiger partial charge in [0.15, 0.2) is 0 Å². The van der Waals surface area contributed by atoms with Gasteiger partial charge in [-0.2, -0.15) is 0 Å². The van der Waals surface area contributed by atoms with E-state index in [4.69, 9.17) is 9.73 Å². The first-order chi connectivity index (χ1) is 13.7. The van der Waals surface area contributed by atoms with E-state index >= 15 is 0 Å². The standard InChI is InChI=1S/C23H18N2O3/c1-28-23(27)17-12-6-8-14-19(17)24-21(15-9-3-2-4-10-15)20-16-11-5-7-13-18(16)25-22(20)26/h2-14,20H,1H3,(H,25,26). The fourth-order valence-corrected chi connectivity index (χ4v) is 3.37. The number of esters is 1. The van der Waals surface area contributed by atoms with Crippen LogP contribution in [0.5, 0.6) is 0 Å². The third kappa shape index (κ3) is 3.18. The number of anilines is 1. The Morgan fingerprint density at radius 1 is 0.929 bits per heavy atom. The number of hydrogen-bond donors (Lipinski definition) is 1. The molecule has 28 heavy (non-hydrogen) atoms. The molecule has 0 bridgehead atoms. The van der Waals surface area contributed by atoms with Crippen molar-refractivity contribution in [1.29, 1.82) is 0 Å². The highest BCUT2D eigenvalue weighted by molar-refractivity contribution is 6.24. The van der Waals surface area contributed by atoms with E-state index < -0.39 is 11.9 Å². The second kappa shape index (κ2) is 7.48. The van der Waals surface area contributed by atoms with E-state index in [9.17, 15) is 9.59 Å². The molecule has 1 aliphatic heterocycles. The van der Waals surface area contributed by atoms with Crippen molar-refractivity contribution in [2.75, 3.05) is 12.4 Å². The number of nitrogens with one attached hydrogen (secondary N) is 1. The molecule has 0 saturated heterocycles. The molecule has 0 aromatic heterocycles. The summed E-state index contributed by atoms with van der Waals surface area (Å²) < 4.78 is 4.88. The quantitative estimate of drug-likeness (QED) is 0.549. The lowest BCUT2D eigenvalue weighted by Crippen LogP contribution is -2.22. The number of aliphatic imine (C=N–C) groups is 1. The predicted molar refractivity (Wildman–Crippen MR) is 108 cm³/mol. The molecule has 5 heteroatoms. The second-order valence-electron chi connectivity index (χ2n) is 6.38. The van der Waals surface area contributed by atoms with Crippen LogP contribution in [0, 0.1) is 0 Å². The van der Waals surface area contributed by atoms with Crippen LogP contribution >= 0.6 is 0 Å². The molecule has 4 rings (SSSR count). The average Bonchev–Trinajstić information content (AvgIpc) is 3.08. The average molecular weight is 370 g/mol. The van der Waals surface area contributed by atoms with Crippen LogP contribution in [0.25, 0.3) is 0 Å². The molecule has 0 radical (unpaired) electrons. The first-order valence-electron chi connectivity index (χ1n) is 8.90. The normalized spacial score (nSPS) is 15.7. The van der Waals surface area contributed by atoms with Gasteiger partial charge in [-0.25, -0.2) is 4.79 Å². The Kier molecular flexibility index (Phi) is 4.72. The summed E-state index contributed by atoms with van der Waals surface area (Å²) in [5.41, 5.74) is 3.86. The lowest BCUT2D eigenvalue weighted by atomic mass is 9.90.